The van der Waals surface area contributed by atoms with E-state index in [0.717, 1.165) is 10.4 Å². The number of rotatable bonds is 4. The van der Waals surface area contributed by atoms with Crippen LogP contribution < -0.4 is 4.74 Å². The Labute approximate surface area is 103 Å². The molecule has 1 aromatic heterocycles. The average Bonchev–Trinajstić information content (AvgIpc) is 2.78. The summed E-state index contributed by atoms with van der Waals surface area (Å²) in [6.07, 6.45) is 0. The van der Waals surface area contributed by atoms with Gasteiger partial charge in [0, 0.05) is 10.4 Å². The Balaban J connectivity index is 2.35. The molecular weight excluding hydrogens is 236 g/mol. The molecule has 3 nitrogen and oxygen atoms in total. The first-order valence-corrected chi connectivity index (χ1v) is 5.84. The van der Waals surface area contributed by atoms with Crippen molar-refractivity contribution in [3.8, 4) is 15.5 Å². The summed E-state index contributed by atoms with van der Waals surface area (Å²) in [7, 11) is 0. The van der Waals surface area contributed by atoms with Gasteiger partial charge in [0.15, 0.2) is 10.8 Å². The van der Waals surface area contributed by atoms with Gasteiger partial charge >= 0.3 is 0 Å². The SMILES string of the molecule is CC(=O)c1cccc(-c2ccc(OC=O)s2)c1. The van der Waals surface area contributed by atoms with Crippen molar-refractivity contribution in [3.05, 3.63) is 42.0 Å². The highest BCUT2D eigenvalue weighted by atomic mass is 32.1. The number of ether oxygens (including phenoxy) is 1. The minimum atomic E-state index is 0.0350. The Morgan fingerprint density at radius 1 is 1.29 bits per heavy atom. The summed E-state index contributed by atoms with van der Waals surface area (Å²) in [6, 6.07) is 11.0. The van der Waals surface area contributed by atoms with E-state index >= 15 is 0 Å². The second kappa shape index (κ2) is 4.93. The molecule has 0 spiro atoms. The van der Waals surface area contributed by atoms with E-state index in [1.54, 1.807) is 12.1 Å². The largest absolute Gasteiger partial charge is 0.418 e. The van der Waals surface area contributed by atoms with Gasteiger partial charge in [-0.2, -0.15) is 0 Å². The summed E-state index contributed by atoms with van der Waals surface area (Å²) < 4.78 is 4.76. The Bertz CT molecular complexity index is 557. The van der Waals surface area contributed by atoms with E-state index < -0.39 is 0 Å². The molecule has 0 bridgehead atoms. The predicted octanol–water partition coefficient (Wildman–Crippen LogP) is 3.15. The lowest BCUT2D eigenvalue weighted by Gasteiger charge is -1.99. The molecule has 2 rings (SSSR count). The van der Waals surface area contributed by atoms with Crippen LogP contribution in [0.2, 0.25) is 0 Å². The normalized spacial score (nSPS) is 9.94. The Morgan fingerprint density at radius 2 is 2.12 bits per heavy atom. The zero-order valence-electron chi connectivity index (χ0n) is 9.17. The van der Waals surface area contributed by atoms with Gasteiger partial charge in [0.25, 0.3) is 6.47 Å². The molecule has 17 heavy (non-hydrogen) atoms. The molecule has 0 aliphatic rings. The van der Waals surface area contributed by atoms with E-state index in [9.17, 15) is 9.59 Å². The Morgan fingerprint density at radius 3 is 2.82 bits per heavy atom. The first-order valence-electron chi connectivity index (χ1n) is 5.02. The summed E-state index contributed by atoms with van der Waals surface area (Å²) in [5, 5.41) is 0.545. The van der Waals surface area contributed by atoms with Crippen molar-refractivity contribution in [3.63, 3.8) is 0 Å². The standard InChI is InChI=1S/C13H10O3S/c1-9(15)10-3-2-4-11(7-10)12-5-6-13(17-12)16-8-14/h2-8H,1H3. The monoisotopic (exact) mass is 246 g/mol. The van der Waals surface area contributed by atoms with E-state index in [4.69, 9.17) is 4.74 Å². The van der Waals surface area contributed by atoms with Crippen LogP contribution in [-0.2, 0) is 4.79 Å². The van der Waals surface area contributed by atoms with Crippen LogP contribution >= 0.6 is 11.3 Å². The van der Waals surface area contributed by atoms with Gasteiger partial charge in [0.2, 0.25) is 0 Å². The van der Waals surface area contributed by atoms with Crippen LogP contribution in [0.4, 0.5) is 0 Å². The van der Waals surface area contributed by atoms with E-state index in [1.807, 2.05) is 24.3 Å². The van der Waals surface area contributed by atoms with Crippen LogP contribution in [0, 0.1) is 0 Å². The molecule has 0 amide bonds. The third-order valence-corrected chi connectivity index (χ3v) is 3.32. The van der Waals surface area contributed by atoms with Crippen LogP contribution in [0.15, 0.2) is 36.4 Å². The molecule has 0 fully saturated rings. The van der Waals surface area contributed by atoms with Gasteiger partial charge in [0.05, 0.1) is 0 Å². The minimum absolute atomic E-state index is 0.0350. The van der Waals surface area contributed by atoms with Crippen molar-refractivity contribution in [2.45, 2.75) is 6.92 Å². The number of carbonyl (C=O) groups is 2. The fourth-order valence-corrected chi connectivity index (χ4v) is 2.30. The van der Waals surface area contributed by atoms with Crippen LogP contribution in [0.1, 0.15) is 17.3 Å². The van der Waals surface area contributed by atoms with Crippen molar-refractivity contribution in [1.82, 2.24) is 0 Å². The second-order valence-corrected chi connectivity index (χ2v) is 4.52. The van der Waals surface area contributed by atoms with Crippen LogP contribution in [0.3, 0.4) is 0 Å². The fraction of sp³-hybridized carbons (Fsp3) is 0.0769. The lowest BCUT2D eigenvalue weighted by Crippen LogP contribution is -1.90. The van der Waals surface area contributed by atoms with Crippen molar-refractivity contribution < 1.29 is 14.3 Å². The number of thiophene rings is 1. The summed E-state index contributed by atoms with van der Waals surface area (Å²) in [4.78, 5) is 22.4. The molecule has 2 aromatic rings. The van der Waals surface area contributed by atoms with Gasteiger partial charge in [-0.3, -0.25) is 9.59 Å². The summed E-state index contributed by atoms with van der Waals surface area (Å²) >= 11 is 1.37. The molecule has 0 atom stereocenters. The molecule has 0 N–H and O–H groups in total. The Kier molecular flexibility index (Phi) is 3.35. The van der Waals surface area contributed by atoms with Crippen molar-refractivity contribution in [1.29, 1.82) is 0 Å². The van der Waals surface area contributed by atoms with Crippen molar-refractivity contribution in [2.75, 3.05) is 0 Å². The van der Waals surface area contributed by atoms with Gasteiger partial charge in [-0.15, -0.1) is 0 Å². The van der Waals surface area contributed by atoms with Crippen LogP contribution in [0.5, 0.6) is 5.06 Å². The fourth-order valence-electron chi connectivity index (χ4n) is 1.48. The van der Waals surface area contributed by atoms with E-state index in [1.165, 1.54) is 18.3 Å². The zero-order chi connectivity index (χ0) is 12.3. The molecule has 0 aliphatic heterocycles. The molecule has 0 unspecified atom stereocenters. The molecule has 86 valence electrons. The van der Waals surface area contributed by atoms with E-state index in [0.29, 0.717) is 17.1 Å². The molecule has 1 heterocycles. The maximum absolute atomic E-state index is 11.3. The highest BCUT2D eigenvalue weighted by Crippen LogP contribution is 2.33. The number of hydrogen-bond donors (Lipinski definition) is 0. The van der Waals surface area contributed by atoms with Gasteiger partial charge in [-0.05, 0) is 30.7 Å². The van der Waals surface area contributed by atoms with Crippen LogP contribution in [-0.4, -0.2) is 12.3 Å². The smallest absolute Gasteiger partial charge is 0.299 e. The summed E-state index contributed by atoms with van der Waals surface area (Å²) in [5.41, 5.74) is 1.62. The lowest BCUT2D eigenvalue weighted by molar-refractivity contribution is -0.120. The number of hydrogen-bond acceptors (Lipinski definition) is 4. The highest BCUT2D eigenvalue weighted by molar-refractivity contribution is 7.17. The number of carbonyl (C=O) groups excluding carboxylic acids is 2. The number of Topliss-reactive ketones (excluding diaryl/α,β-unsaturated/α-hetero) is 1. The summed E-state index contributed by atoms with van der Waals surface area (Å²) in [5.74, 6) is 0.0350. The molecule has 0 aliphatic carbocycles. The molecular formula is C13H10O3S. The zero-order valence-corrected chi connectivity index (χ0v) is 9.99. The van der Waals surface area contributed by atoms with E-state index in [2.05, 4.69) is 0 Å². The van der Waals surface area contributed by atoms with Gasteiger partial charge < -0.3 is 4.74 Å². The van der Waals surface area contributed by atoms with Crippen molar-refractivity contribution >= 4 is 23.6 Å². The third kappa shape index (κ3) is 2.60. The van der Waals surface area contributed by atoms with E-state index in [-0.39, 0.29) is 5.78 Å². The quantitative estimate of drug-likeness (QED) is 0.614. The predicted molar refractivity (Wildman–Crippen MR) is 66.5 cm³/mol. The van der Waals surface area contributed by atoms with Crippen molar-refractivity contribution in [2.24, 2.45) is 0 Å². The molecule has 0 saturated heterocycles. The molecule has 0 radical (unpaired) electrons. The number of ketones is 1. The first kappa shape index (κ1) is 11.5. The topological polar surface area (TPSA) is 43.4 Å². The van der Waals surface area contributed by atoms with Gasteiger partial charge in [0.1, 0.15) is 0 Å². The minimum Gasteiger partial charge on any atom is -0.418 e. The molecule has 1 aromatic carbocycles. The first-order chi connectivity index (χ1) is 8.20. The average molecular weight is 246 g/mol. The second-order valence-electron chi connectivity index (χ2n) is 3.47. The molecule has 4 heteroatoms. The molecule has 0 saturated carbocycles. The van der Waals surface area contributed by atoms with Crippen LogP contribution in [0.25, 0.3) is 10.4 Å². The van der Waals surface area contributed by atoms with Gasteiger partial charge in [-0.25, -0.2) is 0 Å². The third-order valence-electron chi connectivity index (χ3n) is 2.30. The maximum atomic E-state index is 11.3. The maximum Gasteiger partial charge on any atom is 0.299 e. The van der Waals surface area contributed by atoms with Gasteiger partial charge in [-0.1, -0.05) is 29.5 Å². The highest BCUT2D eigenvalue weighted by Gasteiger charge is 2.06. The Hall–Kier alpha value is -1.94. The lowest BCUT2D eigenvalue weighted by atomic mass is 10.1. The summed E-state index contributed by atoms with van der Waals surface area (Å²) in [6.45, 7) is 1.94. The number of benzene rings is 1.